The monoisotopic (exact) mass is 250 g/mol. The van der Waals surface area contributed by atoms with Crippen LogP contribution in [0.3, 0.4) is 0 Å². The maximum atomic E-state index is 4.21. The Morgan fingerprint density at radius 1 is 1.11 bits per heavy atom. The second-order valence-electron chi connectivity index (χ2n) is 4.71. The van der Waals surface area contributed by atoms with Gasteiger partial charge in [-0.25, -0.2) is 4.68 Å². The first kappa shape index (κ1) is 11.8. The van der Waals surface area contributed by atoms with Gasteiger partial charge in [0.2, 0.25) is 0 Å². The van der Waals surface area contributed by atoms with Crippen molar-refractivity contribution in [3.8, 4) is 0 Å². The minimum absolute atomic E-state index is 0.0510. The lowest BCUT2D eigenvalue weighted by molar-refractivity contribution is 0.542. The van der Waals surface area contributed by atoms with E-state index in [9.17, 15) is 0 Å². The van der Waals surface area contributed by atoms with Crippen LogP contribution in [0.5, 0.6) is 0 Å². The summed E-state index contributed by atoms with van der Waals surface area (Å²) in [6.45, 7) is 2.07. The van der Waals surface area contributed by atoms with Crippen LogP contribution in [0.2, 0.25) is 0 Å². The normalized spacial score (nSPS) is 12.5. The highest BCUT2D eigenvalue weighted by Crippen LogP contribution is 2.17. The number of fused-ring (bicyclic) bond motifs is 1. The number of hydrogen-bond donors (Lipinski definition) is 1. The van der Waals surface area contributed by atoms with Crippen molar-refractivity contribution in [2.24, 2.45) is 0 Å². The Hall–Kier alpha value is -2.30. The smallest absolute Gasteiger partial charge is 0.139 e. The number of nitrogens with one attached hydrogen (secondary N) is 1. The van der Waals surface area contributed by atoms with Crippen LogP contribution in [0.25, 0.3) is 11.0 Å². The summed E-state index contributed by atoms with van der Waals surface area (Å²) >= 11 is 0. The molecule has 1 N–H and O–H groups in total. The van der Waals surface area contributed by atoms with Crippen molar-refractivity contribution >= 4 is 30.0 Å². The van der Waals surface area contributed by atoms with Gasteiger partial charge in [0.15, 0.2) is 0 Å². The summed E-state index contributed by atoms with van der Waals surface area (Å²) in [5.74, 6) is 0. The fourth-order valence-corrected chi connectivity index (χ4v) is 2.13. The average molecular weight is 250 g/mol. The van der Waals surface area contributed by atoms with Gasteiger partial charge in [-0.3, -0.25) is 0 Å². The molecule has 94 valence electrons. The summed E-state index contributed by atoms with van der Waals surface area (Å²) in [6, 6.07) is 16.3. The molecule has 0 saturated carbocycles. The predicted molar refractivity (Wildman–Crippen MR) is 80.5 cm³/mol. The lowest BCUT2D eigenvalue weighted by Crippen LogP contribution is -2.16. The van der Waals surface area contributed by atoms with Gasteiger partial charge >= 0.3 is 0 Å². The Morgan fingerprint density at radius 2 is 1.84 bits per heavy atom. The minimum atomic E-state index is 0.0510. The van der Waals surface area contributed by atoms with Crippen LogP contribution in [-0.2, 0) is 0 Å². The van der Waals surface area contributed by atoms with Gasteiger partial charge < -0.3 is 5.32 Å². The van der Waals surface area contributed by atoms with Gasteiger partial charge in [0.25, 0.3) is 0 Å². The highest BCUT2D eigenvalue weighted by Gasteiger charge is 2.10. The standard InChI is InChI=1S/C14H15BN4/c1-10(16-12-8-6-11(15)7-9-12)19-14-5-3-2-4-13(14)17-18-19/h2-10,16H,15H2,1H3. The van der Waals surface area contributed by atoms with Crippen molar-refractivity contribution in [1.29, 1.82) is 0 Å². The first-order chi connectivity index (χ1) is 9.24. The number of hydrogen-bond acceptors (Lipinski definition) is 3. The van der Waals surface area contributed by atoms with Gasteiger partial charge in [-0.2, -0.15) is 0 Å². The molecule has 19 heavy (non-hydrogen) atoms. The average Bonchev–Trinajstić information content (AvgIpc) is 2.85. The van der Waals surface area contributed by atoms with Gasteiger partial charge in [-0.15, -0.1) is 5.10 Å². The van der Waals surface area contributed by atoms with E-state index in [2.05, 4.69) is 54.7 Å². The summed E-state index contributed by atoms with van der Waals surface area (Å²) in [4.78, 5) is 0. The van der Waals surface area contributed by atoms with E-state index >= 15 is 0 Å². The maximum absolute atomic E-state index is 4.21. The van der Waals surface area contributed by atoms with Crippen LogP contribution in [0, 0.1) is 0 Å². The highest BCUT2D eigenvalue weighted by molar-refractivity contribution is 6.32. The third kappa shape index (κ3) is 2.31. The molecule has 2 aromatic carbocycles. The Kier molecular flexibility index (Phi) is 2.95. The van der Waals surface area contributed by atoms with Crippen LogP contribution in [0.1, 0.15) is 13.1 Å². The Labute approximate surface area is 112 Å². The van der Waals surface area contributed by atoms with Crippen LogP contribution in [0.4, 0.5) is 5.69 Å². The third-order valence-corrected chi connectivity index (χ3v) is 3.17. The van der Waals surface area contributed by atoms with Crippen molar-refractivity contribution in [2.75, 3.05) is 5.32 Å². The molecule has 1 heterocycles. The van der Waals surface area contributed by atoms with Crippen LogP contribution in [-0.4, -0.2) is 22.8 Å². The fraction of sp³-hybridized carbons (Fsp3) is 0.143. The van der Waals surface area contributed by atoms with Gasteiger partial charge in [-0.1, -0.05) is 34.9 Å². The van der Waals surface area contributed by atoms with E-state index in [0.29, 0.717) is 0 Å². The van der Waals surface area contributed by atoms with Gasteiger partial charge in [0, 0.05) is 5.69 Å². The Bertz CT molecular complexity index is 690. The van der Waals surface area contributed by atoms with Crippen molar-refractivity contribution in [1.82, 2.24) is 15.0 Å². The second kappa shape index (κ2) is 4.76. The number of para-hydroxylation sites is 1. The van der Waals surface area contributed by atoms with Crippen LogP contribution < -0.4 is 10.8 Å². The zero-order chi connectivity index (χ0) is 13.2. The topological polar surface area (TPSA) is 42.7 Å². The molecule has 5 heteroatoms. The van der Waals surface area contributed by atoms with E-state index in [-0.39, 0.29) is 6.17 Å². The molecule has 0 aliphatic heterocycles. The fourth-order valence-electron chi connectivity index (χ4n) is 2.13. The predicted octanol–water partition coefficient (Wildman–Crippen LogP) is 1.32. The van der Waals surface area contributed by atoms with Crippen molar-refractivity contribution < 1.29 is 0 Å². The molecule has 3 rings (SSSR count). The molecule has 0 saturated heterocycles. The van der Waals surface area contributed by atoms with E-state index in [1.807, 2.05) is 28.9 Å². The molecule has 0 aliphatic carbocycles. The lowest BCUT2D eigenvalue weighted by Gasteiger charge is -2.16. The summed E-state index contributed by atoms with van der Waals surface area (Å²) in [5.41, 5.74) is 4.29. The molecule has 0 spiro atoms. The Balaban J connectivity index is 1.87. The summed E-state index contributed by atoms with van der Waals surface area (Å²) < 4.78 is 1.90. The van der Waals surface area contributed by atoms with Crippen molar-refractivity contribution in [3.63, 3.8) is 0 Å². The minimum Gasteiger partial charge on any atom is -0.364 e. The number of nitrogens with zero attached hydrogens (tertiary/aromatic N) is 3. The maximum Gasteiger partial charge on any atom is 0.139 e. The molecule has 0 amide bonds. The number of anilines is 1. The van der Waals surface area contributed by atoms with Gasteiger partial charge in [0.1, 0.15) is 19.5 Å². The van der Waals surface area contributed by atoms with E-state index in [1.54, 1.807) is 0 Å². The SMILES string of the molecule is Bc1ccc(NC(C)n2nnc3ccccc32)cc1. The molecule has 4 nitrogen and oxygen atoms in total. The molecule has 3 aromatic rings. The van der Waals surface area contributed by atoms with Crippen molar-refractivity contribution in [2.45, 2.75) is 13.1 Å². The van der Waals surface area contributed by atoms with Gasteiger partial charge in [-0.05, 0) is 31.2 Å². The first-order valence-corrected chi connectivity index (χ1v) is 6.37. The molecule has 0 bridgehead atoms. The van der Waals surface area contributed by atoms with E-state index < -0.39 is 0 Å². The lowest BCUT2D eigenvalue weighted by atomic mass is 9.96. The molecular formula is C14H15BN4. The summed E-state index contributed by atoms with van der Waals surface area (Å²) in [7, 11) is 2.08. The largest absolute Gasteiger partial charge is 0.364 e. The highest BCUT2D eigenvalue weighted by atomic mass is 15.5. The second-order valence-corrected chi connectivity index (χ2v) is 4.71. The quantitative estimate of drug-likeness (QED) is 0.713. The number of rotatable bonds is 3. The first-order valence-electron chi connectivity index (χ1n) is 6.37. The molecule has 1 atom stereocenters. The van der Waals surface area contributed by atoms with Gasteiger partial charge in [0.05, 0.1) is 5.52 Å². The Morgan fingerprint density at radius 3 is 2.63 bits per heavy atom. The zero-order valence-corrected chi connectivity index (χ0v) is 11.0. The van der Waals surface area contributed by atoms with E-state index in [4.69, 9.17) is 0 Å². The number of aromatic nitrogens is 3. The van der Waals surface area contributed by atoms with E-state index in [0.717, 1.165) is 16.7 Å². The third-order valence-electron chi connectivity index (χ3n) is 3.17. The van der Waals surface area contributed by atoms with Crippen LogP contribution >= 0.6 is 0 Å². The molecule has 1 unspecified atom stereocenters. The van der Waals surface area contributed by atoms with Crippen LogP contribution in [0.15, 0.2) is 48.5 Å². The molecule has 1 aromatic heterocycles. The summed E-state index contributed by atoms with van der Waals surface area (Å²) in [6.07, 6.45) is 0.0510. The summed E-state index contributed by atoms with van der Waals surface area (Å²) in [5, 5.41) is 11.8. The molecule has 0 aliphatic rings. The molecular weight excluding hydrogens is 235 g/mol. The number of benzene rings is 2. The van der Waals surface area contributed by atoms with Crippen molar-refractivity contribution in [3.05, 3.63) is 48.5 Å². The van der Waals surface area contributed by atoms with E-state index in [1.165, 1.54) is 5.46 Å². The zero-order valence-electron chi connectivity index (χ0n) is 11.0. The molecule has 0 radical (unpaired) electrons. The molecule has 0 fully saturated rings.